The molecule has 2 aliphatic rings. The van der Waals surface area contributed by atoms with E-state index in [4.69, 9.17) is 16.3 Å². The van der Waals surface area contributed by atoms with Crippen LogP contribution in [0.4, 0.5) is 32.0 Å². The zero-order valence-corrected chi connectivity index (χ0v) is 19.5. The van der Waals surface area contributed by atoms with E-state index >= 15 is 0 Å². The van der Waals surface area contributed by atoms with Gasteiger partial charge in [-0.2, -0.15) is 26.3 Å². The molecular formula is C25H21ClF6N2O2. The molecule has 0 amide bonds. The molecule has 0 saturated heterocycles. The maximum Gasteiger partial charge on any atom is 0.441 e. The van der Waals surface area contributed by atoms with Gasteiger partial charge in [0.25, 0.3) is 0 Å². The van der Waals surface area contributed by atoms with Crippen molar-refractivity contribution in [2.45, 2.75) is 37.2 Å². The first-order valence-corrected chi connectivity index (χ1v) is 11.6. The number of nitrogens with zero attached hydrogens (tertiary/aromatic N) is 1. The highest BCUT2D eigenvalue weighted by atomic mass is 35.5. The van der Waals surface area contributed by atoms with Crippen LogP contribution in [0.5, 0.6) is 11.5 Å². The number of hydrogen-bond donors (Lipinski definition) is 1. The van der Waals surface area contributed by atoms with Crippen molar-refractivity contribution in [1.29, 1.82) is 0 Å². The number of fused-ring (bicyclic) bond motifs is 2. The van der Waals surface area contributed by atoms with Crippen LogP contribution in [0.3, 0.4) is 0 Å². The lowest BCUT2D eigenvalue weighted by molar-refractivity contribution is -0.367. The van der Waals surface area contributed by atoms with Crippen LogP contribution in [0.1, 0.15) is 18.4 Å². The fourth-order valence-corrected chi connectivity index (χ4v) is 4.81. The van der Waals surface area contributed by atoms with Crippen molar-refractivity contribution in [2.75, 3.05) is 18.1 Å². The second-order valence-corrected chi connectivity index (χ2v) is 9.38. The van der Waals surface area contributed by atoms with Crippen molar-refractivity contribution in [3.8, 4) is 11.5 Å². The molecule has 1 aromatic heterocycles. The summed E-state index contributed by atoms with van der Waals surface area (Å²) in [7, 11) is 0. The molecule has 0 aliphatic carbocycles. The number of anilines is 1. The Hall–Kier alpha value is -3.01. The minimum Gasteiger partial charge on any atom is -0.483 e. The van der Waals surface area contributed by atoms with Gasteiger partial charge in [0.2, 0.25) is 0 Å². The van der Waals surface area contributed by atoms with E-state index in [1.165, 1.54) is 11.6 Å². The van der Waals surface area contributed by atoms with Crippen molar-refractivity contribution in [3.05, 3.63) is 65.5 Å². The highest BCUT2D eigenvalue weighted by Crippen LogP contribution is 2.52. The summed E-state index contributed by atoms with van der Waals surface area (Å²) >= 11 is 6.04. The topological polar surface area (TPSA) is 37.5 Å². The van der Waals surface area contributed by atoms with Gasteiger partial charge in [-0.1, -0.05) is 29.8 Å². The van der Waals surface area contributed by atoms with E-state index in [1.807, 2.05) is 30.5 Å². The predicted molar refractivity (Wildman–Crippen MR) is 124 cm³/mol. The monoisotopic (exact) mass is 530 g/mol. The predicted octanol–water partition coefficient (Wildman–Crippen LogP) is 7.43. The summed E-state index contributed by atoms with van der Waals surface area (Å²) in [6.45, 7) is -1.19. The van der Waals surface area contributed by atoms with E-state index in [0.29, 0.717) is 17.3 Å². The molecular weight excluding hydrogens is 510 g/mol. The number of aromatic nitrogens is 1. The molecule has 1 unspecified atom stereocenters. The third-order valence-electron chi connectivity index (χ3n) is 6.68. The lowest BCUT2D eigenvalue weighted by Gasteiger charge is -2.41. The van der Waals surface area contributed by atoms with Gasteiger partial charge in [0.15, 0.2) is 11.5 Å². The Kier molecular flexibility index (Phi) is 6.05. The number of ether oxygens (including phenoxy) is 2. The second-order valence-electron chi connectivity index (χ2n) is 8.94. The number of aryl methyl sites for hydroxylation is 1. The average molecular weight is 531 g/mol. The normalized spacial score (nSPS) is 19.6. The largest absolute Gasteiger partial charge is 0.483 e. The molecule has 0 radical (unpaired) electrons. The number of rotatable bonds is 4. The number of allylic oxidation sites excluding steroid dienone is 1. The molecule has 11 heteroatoms. The van der Waals surface area contributed by atoms with Gasteiger partial charge in [-0.25, -0.2) is 0 Å². The highest BCUT2D eigenvalue weighted by molar-refractivity contribution is 6.31. The van der Waals surface area contributed by atoms with Gasteiger partial charge in [-0.15, -0.1) is 0 Å². The number of para-hydroxylation sites is 1. The van der Waals surface area contributed by atoms with Crippen molar-refractivity contribution in [3.63, 3.8) is 0 Å². The van der Waals surface area contributed by atoms with Crippen molar-refractivity contribution in [1.82, 2.24) is 4.98 Å². The summed E-state index contributed by atoms with van der Waals surface area (Å²) in [5.74, 6) is -0.469. The third kappa shape index (κ3) is 4.25. The second kappa shape index (κ2) is 8.83. The first-order valence-electron chi connectivity index (χ1n) is 11.3. The number of alkyl halides is 6. The fourth-order valence-electron chi connectivity index (χ4n) is 4.64. The Morgan fingerprint density at radius 1 is 1.08 bits per heavy atom. The number of benzene rings is 2. The molecule has 2 aliphatic heterocycles. The summed E-state index contributed by atoms with van der Waals surface area (Å²) in [6, 6.07) is 9.68. The maximum absolute atomic E-state index is 13.4. The van der Waals surface area contributed by atoms with Crippen molar-refractivity contribution in [2.24, 2.45) is 5.92 Å². The SMILES string of the molecule is FC(F)(F)C1(C(F)(F)F)COc2c(cccc2N2C=CC(CCc3c[nH]c4cc(Cl)ccc34)CC2)O1. The van der Waals surface area contributed by atoms with Gasteiger partial charge >= 0.3 is 18.0 Å². The summed E-state index contributed by atoms with van der Waals surface area (Å²) in [5, 5.41) is 1.77. The van der Waals surface area contributed by atoms with E-state index < -0.39 is 30.3 Å². The number of H-pyrrole nitrogens is 1. The van der Waals surface area contributed by atoms with Crippen molar-refractivity contribution >= 4 is 28.2 Å². The van der Waals surface area contributed by atoms with Crippen LogP contribution in [-0.2, 0) is 6.42 Å². The summed E-state index contributed by atoms with van der Waals surface area (Å²) < 4.78 is 90.1. The Bertz CT molecular complexity index is 1290. The van der Waals surface area contributed by atoms with Crippen LogP contribution in [0.25, 0.3) is 10.9 Å². The lowest BCUT2D eigenvalue weighted by atomic mass is 9.94. The van der Waals surface area contributed by atoms with E-state index in [0.717, 1.165) is 36.2 Å². The van der Waals surface area contributed by atoms with E-state index in [9.17, 15) is 26.3 Å². The van der Waals surface area contributed by atoms with Gasteiger partial charge < -0.3 is 19.4 Å². The molecule has 0 saturated carbocycles. The highest BCUT2D eigenvalue weighted by Gasteiger charge is 2.75. The first kappa shape index (κ1) is 24.7. The minimum atomic E-state index is -5.70. The molecule has 0 bridgehead atoms. The Labute approximate surface area is 207 Å². The zero-order valence-electron chi connectivity index (χ0n) is 18.7. The first-order chi connectivity index (χ1) is 17.0. The molecule has 0 spiro atoms. The molecule has 5 rings (SSSR count). The number of nitrogens with one attached hydrogen (secondary N) is 1. The standard InChI is InChI=1S/C25H21ClF6N2O2/c26-17-6-7-18-16(13-33-19(18)12-17)5-4-15-8-10-34(11-9-15)20-2-1-3-21-22(20)35-14-23(36-21,24(27,28)29)25(30,31)32/h1-3,6-8,10,12-13,15,33H,4-5,9,11,14H2. The molecule has 1 atom stereocenters. The van der Waals surface area contributed by atoms with Crippen LogP contribution in [-0.4, -0.2) is 36.1 Å². The molecule has 0 fully saturated rings. The maximum atomic E-state index is 13.4. The van der Waals surface area contributed by atoms with Crippen molar-refractivity contribution < 1.29 is 35.8 Å². The van der Waals surface area contributed by atoms with Crippen LogP contribution >= 0.6 is 11.6 Å². The minimum absolute atomic E-state index is 0.137. The van der Waals surface area contributed by atoms with Gasteiger partial charge in [0.05, 0.1) is 5.69 Å². The molecule has 3 heterocycles. The number of aromatic amines is 1. The molecule has 4 nitrogen and oxygen atoms in total. The smallest absolute Gasteiger partial charge is 0.441 e. The van der Waals surface area contributed by atoms with E-state index in [1.54, 1.807) is 17.2 Å². The summed E-state index contributed by atoms with van der Waals surface area (Å²) in [4.78, 5) is 4.97. The molecule has 36 heavy (non-hydrogen) atoms. The summed E-state index contributed by atoms with van der Waals surface area (Å²) in [5.41, 5.74) is -1.91. The third-order valence-corrected chi connectivity index (χ3v) is 6.92. The van der Waals surface area contributed by atoms with E-state index in [2.05, 4.69) is 9.72 Å². The van der Waals surface area contributed by atoms with Crippen LogP contribution in [0, 0.1) is 5.92 Å². The molecule has 3 aromatic rings. The molecule has 192 valence electrons. The Morgan fingerprint density at radius 3 is 2.56 bits per heavy atom. The lowest BCUT2D eigenvalue weighted by Crippen LogP contribution is -2.65. The Morgan fingerprint density at radius 2 is 1.86 bits per heavy atom. The zero-order chi connectivity index (χ0) is 25.7. The van der Waals surface area contributed by atoms with Gasteiger partial charge in [0.1, 0.15) is 6.61 Å². The fraction of sp³-hybridized carbons (Fsp3) is 0.360. The van der Waals surface area contributed by atoms with Gasteiger partial charge in [0, 0.05) is 34.9 Å². The van der Waals surface area contributed by atoms with Crippen LogP contribution < -0.4 is 14.4 Å². The average Bonchev–Trinajstić information content (AvgIpc) is 3.23. The number of halogens is 7. The van der Waals surface area contributed by atoms with Crippen LogP contribution in [0.15, 0.2) is 54.9 Å². The van der Waals surface area contributed by atoms with Crippen LogP contribution in [0.2, 0.25) is 5.02 Å². The van der Waals surface area contributed by atoms with Gasteiger partial charge in [-0.05, 0) is 55.0 Å². The summed E-state index contributed by atoms with van der Waals surface area (Å²) in [6.07, 6.45) is -3.18. The molecule has 1 N–H and O–H groups in total. The Balaban J connectivity index is 1.30. The quantitative estimate of drug-likeness (QED) is 0.356. The number of hydrogen-bond acceptors (Lipinski definition) is 3. The van der Waals surface area contributed by atoms with Gasteiger partial charge in [-0.3, -0.25) is 0 Å². The molecule has 2 aromatic carbocycles. The van der Waals surface area contributed by atoms with E-state index in [-0.39, 0.29) is 11.7 Å².